The molecule has 0 radical (unpaired) electrons. The topological polar surface area (TPSA) is 29.5 Å². The van der Waals surface area contributed by atoms with Crippen LogP contribution in [-0.4, -0.2) is 36.6 Å². The number of carbonyl (C=O) groups excluding carboxylic acids is 1. The molecule has 1 heterocycles. The third kappa shape index (κ3) is 4.17. The quantitative estimate of drug-likeness (QED) is 0.723. The van der Waals surface area contributed by atoms with Gasteiger partial charge in [0.25, 0.3) is 0 Å². The highest BCUT2D eigenvalue weighted by Gasteiger charge is 2.41. The summed E-state index contributed by atoms with van der Waals surface area (Å²) in [6.45, 7) is 1.83. The molecule has 2 aliphatic rings. The van der Waals surface area contributed by atoms with Gasteiger partial charge in [0.05, 0.1) is 7.11 Å². The Kier molecular flexibility index (Phi) is 5.38. The second kappa shape index (κ2) is 7.82. The molecular formula is C23H24F3NO2. The maximum absolute atomic E-state index is 15.5. The SMILES string of the molecule is COc1cc2c(cc1F)CC(CC1(F)CCN(Cc3ccc(F)cc3)CC1)C2=O. The lowest BCUT2D eigenvalue weighted by Crippen LogP contribution is -2.42. The molecule has 1 aliphatic heterocycles. The second-order valence-corrected chi connectivity index (χ2v) is 8.17. The van der Waals surface area contributed by atoms with Crippen molar-refractivity contribution in [3.8, 4) is 5.75 Å². The number of hydrogen-bond donors (Lipinski definition) is 0. The van der Waals surface area contributed by atoms with E-state index in [0.717, 1.165) is 5.56 Å². The lowest BCUT2D eigenvalue weighted by atomic mass is 9.82. The number of alkyl halides is 1. The van der Waals surface area contributed by atoms with E-state index >= 15 is 4.39 Å². The monoisotopic (exact) mass is 403 g/mol. The van der Waals surface area contributed by atoms with E-state index in [2.05, 4.69) is 4.90 Å². The average Bonchev–Trinajstić information content (AvgIpc) is 2.99. The van der Waals surface area contributed by atoms with E-state index < -0.39 is 17.4 Å². The van der Waals surface area contributed by atoms with Crippen molar-refractivity contribution in [2.75, 3.05) is 20.2 Å². The zero-order valence-corrected chi connectivity index (χ0v) is 16.4. The van der Waals surface area contributed by atoms with Crippen LogP contribution in [0, 0.1) is 17.6 Å². The van der Waals surface area contributed by atoms with Gasteiger partial charge in [-0.15, -0.1) is 0 Å². The maximum Gasteiger partial charge on any atom is 0.166 e. The maximum atomic E-state index is 15.5. The highest BCUT2D eigenvalue weighted by molar-refractivity contribution is 6.02. The fourth-order valence-corrected chi connectivity index (χ4v) is 4.50. The fraction of sp³-hybridized carbons (Fsp3) is 0.435. The van der Waals surface area contributed by atoms with Gasteiger partial charge in [-0.25, -0.2) is 13.2 Å². The summed E-state index contributed by atoms with van der Waals surface area (Å²) in [5.41, 5.74) is 0.681. The molecule has 6 heteroatoms. The Bertz CT molecular complexity index is 905. The first-order valence-corrected chi connectivity index (χ1v) is 9.93. The Morgan fingerprint density at radius 3 is 2.48 bits per heavy atom. The molecule has 3 nitrogen and oxygen atoms in total. The van der Waals surface area contributed by atoms with Gasteiger partial charge in [0.2, 0.25) is 0 Å². The molecule has 154 valence electrons. The van der Waals surface area contributed by atoms with Crippen molar-refractivity contribution >= 4 is 5.78 Å². The molecule has 4 rings (SSSR count). The van der Waals surface area contributed by atoms with Crippen LogP contribution in [0.2, 0.25) is 0 Å². The van der Waals surface area contributed by atoms with E-state index in [1.165, 1.54) is 31.4 Å². The molecule has 0 aromatic heterocycles. The highest BCUT2D eigenvalue weighted by atomic mass is 19.1. The summed E-state index contributed by atoms with van der Waals surface area (Å²) in [4.78, 5) is 14.9. The lowest BCUT2D eigenvalue weighted by molar-refractivity contribution is 0.0336. The molecule has 2 aromatic carbocycles. The number of rotatable bonds is 5. The summed E-state index contributed by atoms with van der Waals surface area (Å²) in [5.74, 6) is -1.30. The molecule has 0 N–H and O–H groups in total. The summed E-state index contributed by atoms with van der Waals surface area (Å²) in [7, 11) is 1.36. The zero-order chi connectivity index (χ0) is 20.6. The zero-order valence-electron chi connectivity index (χ0n) is 16.4. The summed E-state index contributed by atoms with van der Waals surface area (Å²) in [5, 5.41) is 0. The van der Waals surface area contributed by atoms with E-state index in [1.54, 1.807) is 12.1 Å². The van der Waals surface area contributed by atoms with E-state index in [-0.39, 0.29) is 23.8 Å². The molecule has 1 aliphatic carbocycles. The predicted molar refractivity (Wildman–Crippen MR) is 104 cm³/mol. The smallest absolute Gasteiger partial charge is 0.166 e. The van der Waals surface area contributed by atoms with Crippen LogP contribution in [0.1, 0.15) is 40.7 Å². The molecular weight excluding hydrogens is 379 g/mol. The van der Waals surface area contributed by atoms with Crippen molar-refractivity contribution in [1.82, 2.24) is 4.90 Å². The number of fused-ring (bicyclic) bond motifs is 1. The average molecular weight is 403 g/mol. The number of ether oxygens (including phenoxy) is 1. The number of ketones is 1. The first-order chi connectivity index (χ1) is 13.9. The largest absolute Gasteiger partial charge is 0.494 e. The van der Waals surface area contributed by atoms with Crippen molar-refractivity contribution in [3.63, 3.8) is 0 Å². The lowest BCUT2D eigenvalue weighted by Gasteiger charge is -2.37. The first kappa shape index (κ1) is 20.0. The second-order valence-electron chi connectivity index (χ2n) is 8.17. The van der Waals surface area contributed by atoms with Crippen LogP contribution in [0.3, 0.4) is 0 Å². The third-order valence-electron chi connectivity index (χ3n) is 6.16. The van der Waals surface area contributed by atoms with Crippen LogP contribution >= 0.6 is 0 Å². The van der Waals surface area contributed by atoms with Gasteiger partial charge in [-0.1, -0.05) is 12.1 Å². The Balaban J connectivity index is 1.36. The Labute approximate surface area is 168 Å². The van der Waals surface area contributed by atoms with E-state index in [1.807, 2.05) is 0 Å². The van der Waals surface area contributed by atoms with Crippen molar-refractivity contribution in [2.45, 2.75) is 37.9 Å². The van der Waals surface area contributed by atoms with Gasteiger partial charge >= 0.3 is 0 Å². The van der Waals surface area contributed by atoms with Gasteiger partial charge in [-0.3, -0.25) is 9.69 Å². The number of carbonyl (C=O) groups is 1. The number of piperidine rings is 1. The van der Waals surface area contributed by atoms with Gasteiger partial charge in [0.15, 0.2) is 17.3 Å². The summed E-state index contributed by atoms with van der Waals surface area (Å²) in [6.07, 6.45) is 1.24. The molecule has 1 fully saturated rings. The summed E-state index contributed by atoms with van der Waals surface area (Å²) < 4.78 is 47.4. The van der Waals surface area contributed by atoms with Gasteiger partial charge in [0.1, 0.15) is 11.5 Å². The Hall–Kier alpha value is -2.34. The highest BCUT2D eigenvalue weighted by Crippen LogP contribution is 2.40. The molecule has 0 spiro atoms. The molecule has 2 aromatic rings. The molecule has 1 atom stereocenters. The number of halogens is 3. The van der Waals surface area contributed by atoms with Crippen molar-refractivity contribution < 1.29 is 22.7 Å². The minimum Gasteiger partial charge on any atom is -0.494 e. The molecule has 0 saturated carbocycles. The standard InChI is InChI=1S/C23H24F3NO2/c1-29-21-12-19-16(11-20(21)25)10-17(22(19)28)13-23(26)6-8-27(9-7-23)14-15-2-4-18(24)5-3-15/h2-5,11-12,17H,6-10,13-14H2,1H3. The minimum atomic E-state index is -1.40. The number of likely N-dealkylation sites (tertiary alicyclic amines) is 1. The Morgan fingerprint density at radius 2 is 1.83 bits per heavy atom. The molecule has 1 unspecified atom stereocenters. The molecule has 29 heavy (non-hydrogen) atoms. The van der Waals surface area contributed by atoms with Gasteiger partial charge < -0.3 is 4.74 Å². The van der Waals surface area contributed by atoms with E-state index in [9.17, 15) is 13.6 Å². The van der Waals surface area contributed by atoms with E-state index in [0.29, 0.717) is 50.0 Å². The van der Waals surface area contributed by atoms with E-state index in [4.69, 9.17) is 4.74 Å². The van der Waals surface area contributed by atoms with Gasteiger partial charge in [-0.2, -0.15) is 0 Å². The van der Waals surface area contributed by atoms with Crippen LogP contribution in [0.5, 0.6) is 5.75 Å². The van der Waals surface area contributed by atoms with Crippen LogP contribution < -0.4 is 4.74 Å². The van der Waals surface area contributed by atoms with Crippen LogP contribution in [-0.2, 0) is 13.0 Å². The Morgan fingerprint density at radius 1 is 1.14 bits per heavy atom. The molecule has 0 bridgehead atoms. The molecule has 1 saturated heterocycles. The van der Waals surface area contributed by atoms with Crippen LogP contribution in [0.15, 0.2) is 36.4 Å². The summed E-state index contributed by atoms with van der Waals surface area (Å²) >= 11 is 0. The van der Waals surface area contributed by atoms with Crippen LogP contribution in [0.25, 0.3) is 0 Å². The fourth-order valence-electron chi connectivity index (χ4n) is 4.50. The first-order valence-electron chi connectivity index (χ1n) is 9.93. The number of methoxy groups -OCH3 is 1. The molecule has 0 amide bonds. The normalized spacial score (nSPS) is 21.2. The van der Waals surface area contributed by atoms with Gasteiger partial charge in [0, 0.05) is 31.1 Å². The predicted octanol–water partition coefficient (Wildman–Crippen LogP) is 4.72. The van der Waals surface area contributed by atoms with Crippen molar-refractivity contribution in [1.29, 1.82) is 0 Å². The number of hydrogen-bond acceptors (Lipinski definition) is 3. The third-order valence-corrected chi connectivity index (χ3v) is 6.16. The number of benzene rings is 2. The summed E-state index contributed by atoms with van der Waals surface area (Å²) in [6, 6.07) is 9.12. The van der Waals surface area contributed by atoms with Crippen molar-refractivity contribution in [3.05, 3.63) is 64.7 Å². The number of Topliss-reactive ketones (excluding diaryl/α,β-unsaturated/α-hetero) is 1. The minimum absolute atomic E-state index is 0.0433. The van der Waals surface area contributed by atoms with Crippen LogP contribution in [0.4, 0.5) is 13.2 Å². The van der Waals surface area contributed by atoms with Gasteiger partial charge in [-0.05, 0) is 61.1 Å². The van der Waals surface area contributed by atoms with Crippen molar-refractivity contribution in [2.24, 2.45) is 5.92 Å². The number of nitrogens with zero attached hydrogens (tertiary/aromatic N) is 1.